The molecule has 2 aromatic carbocycles. The van der Waals surface area contributed by atoms with E-state index in [9.17, 15) is 18.8 Å². The average molecular weight is 449 g/mol. The molecule has 0 unspecified atom stereocenters. The van der Waals surface area contributed by atoms with E-state index in [0.29, 0.717) is 22.8 Å². The molecule has 1 saturated heterocycles. The maximum atomic E-state index is 13.0. The van der Waals surface area contributed by atoms with Crippen LogP contribution in [0.1, 0.15) is 23.7 Å². The molecule has 0 saturated carbocycles. The summed E-state index contributed by atoms with van der Waals surface area (Å²) >= 11 is 11.2. The van der Waals surface area contributed by atoms with E-state index in [1.165, 1.54) is 46.3 Å². The van der Waals surface area contributed by atoms with Crippen molar-refractivity contribution in [1.29, 1.82) is 0 Å². The van der Waals surface area contributed by atoms with Gasteiger partial charge in [-0.15, -0.1) is 0 Å². The number of likely N-dealkylation sites (N-methyl/N-ethyl adjacent to an activating group) is 1. The van der Waals surface area contributed by atoms with Crippen LogP contribution in [0.25, 0.3) is 0 Å². The number of thiocarbonyl (C=S) groups is 1. The molecule has 1 fully saturated rings. The van der Waals surface area contributed by atoms with Crippen molar-refractivity contribution in [3.8, 4) is 0 Å². The number of benzene rings is 2. The van der Waals surface area contributed by atoms with Crippen molar-refractivity contribution >= 4 is 52.3 Å². The minimum Gasteiger partial charge on any atom is -0.326 e. The first-order valence-corrected chi connectivity index (χ1v) is 9.85. The number of nitrogens with zero attached hydrogens (tertiary/aromatic N) is 2. The summed E-state index contributed by atoms with van der Waals surface area (Å²) < 4.78 is 13.0. The van der Waals surface area contributed by atoms with Crippen molar-refractivity contribution in [2.45, 2.75) is 19.4 Å². The van der Waals surface area contributed by atoms with E-state index in [-0.39, 0.29) is 11.5 Å². The van der Waals surface area contributed by atoms with Crippen LogP contribution in [-0.4, -0.2) is 45.3 Å². The van der Waals surface area contributed by atoms with Crippen LogP contribution < -0.4 is 10.7 Å². The van der Waals surface area contributed by atoms with Crippen LogP contribution >= 0.6 is 23.8 Å². The normalized spacial score (nSPS) is 16.0. The Labute approximate surface area is 182 Å². The summed E-state index contributed by atoms with van der Waals surface area (Å²) in [6.45, 7) is 2.03. The Bertz CT molecular complexity index is 985. The summed E-state index contributed by atoms with van der Waals surface area (Å²) in [6.07, 6.45) is -0.256. The van der Waals surface area contributed by atoms with Crippen LogP contribution in [-0.2, 0) is 9.59 Å². The molecule has 1 aliphatic rings. The molecule has 3 rings (SSSR count). The van der Waals surface area contributed by atoms with Crippen LogP contribution in [0.4, 0.5) is 10.1 Å². The quantitative estimate of drug-likeness (QED) is 0.664. The maximum Gasteiger partial charge on any atom is 0.269 e. The lowest BCUT2D eigenvalue weighted by molar-refractivity contribution is -0.130. The topological polar surface area (TPSA) is 81.8 Å². The van der Waals surface area contributed by atoms with E-state index < -0.39 is 29.6 Å². The van der Waals surface area contributed by atoms with Crippen molar-refractivity contribution in [3.63, 3.8) is 0 Å². The number of hydrazine groups is 1. The number of carbonyl (C=O) groups is 3. The van der Waals surface area contributed by atoms with Gasteiger partial charge in [-0.25, -0.2) is 9.40 Å². The van der Waals surface area contributed by atoms with Crippen LogP contribution in [0.5, 0.6) is 0 Å². The molecule has 156 valence electrons. The number of hydrogen-bond acceptors (Lipinski definition) is 4. The number of hydrogen-bond donors (Lipinski definition) is 2. The van der Waals surface area contributed by atoms with E-state index >= 15 is 0 Å². The molecule has 1 aliphatic heterocycles. The Hall–Kier alpha value is -3.04. The zero-order chi connectivity index (χ0) is 21.8. The Kier molecular flexibility index (Phi) is 6.63. The first-order valence-electron chi connectivity index (χ1n) is 9.06. The number of carbonyl (C=O) groups excluding carboxylic acids is 3. The van der Waals surface area contributed by atoms with Gasteiger partial charge >= 0.3 is 0 Å². The van der Waals surface area contributed by atoms with E-state index in [4.69, 9.17) is 23.8 Å². The second kappa shape index (κ2) is 9.19. The molecular weight excluding hydrogens is 431 g/mol. The monoisotopic (exact) mass is 448 g/mol. The molecule has 10 heteroatoms. The Morgan fingerprint density at radius 1 is 1.13 bits per heavy atom. The summed E-state index contributed by atoms with van der Waals surface area (Å²) in [7, 11) is 0. The zero-order valence-corrected chi connectivity index (χ0v) is 17.5. The maximum absolute atomic E-state index is 13.0. The van der Waals surface area contributed by atoms with Crippen molar-refractivity contribution in [2.75, 3.05) is 11.9 Å². The lowest BCUT2D eigenvalue weighted by Gasteiger charge is -2.24. The van der Waals surface area contributed by atoms with Gasteiger partial charge in [0.25, 0.3) is 11.8 Å². The van der Waals surface area contributed by atoms with E-state index in [2.05, 4.69) is 10.7 Å². The van der Waals surface area contributed by atoms with Crippen LogP contribution in [0.15, 0.2) is 48.5 Å². The highest BCUT2D eigenvalue weighted by molar-refractivity contribution is 7.80. The van der Waals surface area contributed by atoms with Crippen molar-refractivity contribution in [1.82, 2.24) is 15.3 Å². The average Bonchev–Trinajstić information content (AvgIpc) is 2.93. The van der Waals surface area contributed by atoms with Crippen LogP contribution in [0.3, 0.4) is 0 Å². The van der Waals surface area contributed by atoms with Gasteiger partial charge in [0.15, 0.2) is 5.11 Å². The predicted octanol–water partition coefficient (Wildman–Crippen LogP) is 2.97. The molecule has 1 heterocycles. The molecule has 2 aromatic rings. The number of halogens is 2. The Morgan fingerprint density at radius 2 is 1.77 bits per heavy atom. The summed E-state index contributed by atoms with van der Waals surface area (Å²) in [5.74, 6) is -1.80. The fourth-order valence-corrected chi connectivity index (χ4v) is 3.46. The van der Waals surface area contributed by atoms with Crippen molar-refractivity contribution in [3.05, 3.63) is 64.9 Å². The number of amides is 3. The van der Waals surface area contributed by atoms with Gasteiger partial charge in [-0.05, 0) is 67.7 Å². The fourth-order valence-electron chi connectivity index (χ4n) is 2.94. The van der Waals surface area contributed by atoms with Gasteiger partial charge in [0, 0.05) is 22.8 Å². The number of anilines is 1. The summed E-state index contributed by atoms with van der Waals surface area (Å²) in [6, 6.07) is 10.4. The fraction of sp³-hybridized carbons (Fsp3) is 0.200. The van der Waals surface area contributed by atoms with Gasteiger partial charge in [0.05, 0.1) is 6.42 Å². The van der Waals surface area contributed by atoms with Gasteiger partial charge in [-0.2, -0.15) is 0 Å². The van der Waals surface area contributed by atoms with E-state index in [0.717, 1.165) is 0 Å². The van der Waals surface area contributed by atoms with Gasteiger partial charge in [0.2, 0.25) is 5.91 Å². The first-order chi connectivity index (χ1) is 14.3. The van der Waals surface area contributed by atoms with Gasteiger partial charge in [-0.3, -0.25) is 24.7 Å². The minimum absolute atomic E-state index is 0.101. The standard InChI is InChI=1S/C20H18ClFN4O3S/c1-2-25-19(29)16(11-17(27)23-15-9-7-14(22)8-10-15)26(20(25)30)24-18(28)12-3-5-13(21)6-4-12/h3-10,16H,2,11H2,1H3,(H,23,27)(H,24,28)/t16-/m0/s1. The molecule has 0 aliphatic carbocycles. The smallest absolute Gasteiger partial charge is 0.269 e. The van der Waals surface area contributed by atoms with E-state index in [1.807, 2.05) is 0 Å². The number of rotatable bonds is 6. The number of nitrogens with one attached hydrogen (secondary N) is 2. The lowest BCUT2D eigenvalue weighted by Crippen LogP contribution is -2.49. The van der Waals surface area contributed by atoms with Crippen LogP contribution in [0.2, 0.25) is 5.02 Å². The Morgan fingerprint density at radius 3 is 2.37 bits per heavy atom. The minimum atomic E-state index is -1.01. The highest BCUT2D eigenvalue weighted by Crippen LogP contribution is 2.20. The molecule has 0 bridgehead atoms. The molecule has 7 nitrogen and oxygen atoms in total. The zero-order valence-electron chi connectivity index (χ0n) is 15.9. The van der Waals surface area contributed by atoms with Gasteiger partial charge < -0.3 is 5.32 Å². The van der Waals surface area contributed by atoms with Crippen molar-refractivity contribution < 1.29 is 18.8 Å². The van der Waals surface area contributed by atoms with Crippen molar-refractivity contribution in [2.24, 2.45) is 0 Å². The predicted molar refractivity (Wildman–Crippen MR) is 114 cm³/mol. The largest absolute Gasteiger partial charge is 0.326 e. The third-order valence-corrected chi connectivity index (χ3v) is 5.12. The molecule has 0 spiro atoms. The molecule has 0 aromatic heterocycles. The highest BCUT2D eigenvalue weighted by atomic mass is 35.5. The van der Waals surface area contributed by atoms with Gasteiger partial charge in [-0.1, -0.05) is 11.6 Å². The third kappa shape index (κ3) is 4.74. The summed E-state index contributed by atoms with van der Waals surface area (Å²) in [5.41, 5.74) is 3.31. The van der Waals surface area contributed by atoms with Gasteiger partial charge in [0.1, 0.15) is 11.9 Å². The van der Waals surface area contributed by atoms with E-state index in [1.54, 1.807) is 19.1 Å². The summed E-state index contributed by atoms with van der Waals surface area (Å²) in [5, 5.41) is 4.41. The Balaban J connectivity index is 1.75. The molecule has 1 atom stereocenters. The molecule has 3 amide bonds. The lowest BCUT2D eigenvalue weighted by atomic mass is 10.1. The summed E-state index contributed by atoms with van der Waals surface area (Å²) in [4.78, 5) is 39.1. The second-order valence-electron chi connectivity index (χ2n) is 6.46. The van der Waals surface area contributed by atoms with Crippen LogP contribution in [0, 0.1) is 5.82 Å². The SMILES string of the molecule is CCN1C(=O)[C@H](CC(=O)Nc2ccc(F)cc2)N(NC(=O)c2ccc(Cl)cc2)C1=S. The first kappa shape index (κ1) is 21.7. The molecule has 30 heavy (non-hydrogen) atoms. The molecular formula is C20H18ClFN4O3S. The second-order valence-corrected chi connectivity index (χ2v) is 7.26. The molecule has 2 N–H and O–H groups in total. The third-order valence-electron chi connectivity index (χ3n) is 4.45. The molecule has 0 radical (unpaired) electrons. The highest BCUT2D eigenvalue weighted by Gasteiger charge is 2.43.